The van der Waals surface area contributed by atoms with Gasteiger partial charge in [-0.1, -0.05) is 0 Å². The molecule has 1 aliphatic heterocycles. The Morgan fingerprint density at radius 3 is 2.15 bits per heavy atom. The summed E-state index contributed by atoms with van der Waals surface area (Å²) in [6.07, 6.45) is -3.24. The van der Waals surface area contributed by atoms with Crippen molar-refractivity contribution >= 4 is 11.8 Å². The summed E-state index contributed by atoms with van der Waals surface area (Å²) in [7, 11) is 1.43. The molecule has 0 aromatic heterocycles. The molecule has 0 saturated carbocycles. The molecule has 2 amide bonds. The summed E-state index contributed by atoms with van der Waals surface area (Å²) in [4.78, 5) is 22.9. The first-order chi connectivity index (χ1) is 6.09. The van der Waals surface area contributed by atoms with Crippen molar-refractivity contribution in [2.75, 3.05) is 20.3 Å². The van der Waals surface area contributed by atoms with E-state index in [9.17, 15) is 9.59 Å². The highest BCUT2D eigenvalue weighted by molar-refractivity contribution is 6.07. The zero-order valence-electron chi connectivity index (χ0n) is 7.14. The minimum Gasteiger partial charge on any atom is -0.383 e. The minimum atomic E-state index is -1.62. The van der Waals surface area contributed by atoms with Crippen LogP contribution in [-0.2, 0) is 14.3 Å². The van der Waals surface area contributed by atoms with Crippen molar-refractivity contribution in [2.24, 2.45) is 0 Å². The number of aliphatic hydroxyl groups excluding tert-OH is 2. The Morgan fingerprint density at radius 2 is 1.77 bits per heavy atom. The fraction of sp³-hybridized carbons (Fsp3) is 0.714. The van der Waals surface area contributed by atoms with Crippen LogP contribution in [0.1, 0.15) is 0 Å². The maximum atomic E-state index is 11.1. The van der Waals surface area contributed by atoms with Gasteiger partial charge in [-0.05, 0) is 0 Å². The van der Waals surface area contributed by atoms with Gasteiger partial charge in [0.25, 0.3) is 11.8 Å². The molecule has 13 heavy (non-hydrogen) atoms. The molecule has 0 spiro atoms. The predicted octanol–water partition coefficient (Wildman–Crippen LogP) is -2.28. The number of carbonyl (C=O) groups is 2. The van der Waals surface area contributed by atoms with E-state index in [1.807, 2.05) is 0 Å². The number of carbonyl (C=O) groups excluding carboxylic acids is 2. The lowest BCUT2D eigenvalue weighted by Gasteiger charge is -2.12. The van der Waals surface area contributed by atoms with Crippen molar-refractivity contribution < 1.29 is 24.5 Å². The van der Waals surface area contributed by atoms with E-state index in [4.69, 9.17) is 10.2 Å². The summed E-state index contributed by atoms with van der Waals surface area (Å²) >= 11 is 0. The van der Waals surface area contributed by atoms with E-state index in [2.05, 4.69) is 4.74 Å². The lowest BCUT2D eigenvalue weighted by atomic mass is 10.2. The Kier molecular flexibility index (Phi) is 2.97. The molecule has 2 atom stereocenters. The van der Waals surface area contributed by atoms with Gasteiger partial charge in [0.1, 0.15) is 0 Å². The first-order valence-corrected chi connectivity index (χ1v) is 3.80. The van der Waals surface area contributed by atoms with Crippen LogP contribution in [0.3, 0.4) is 0 Å². The molecular formula is C7H11NO5. The fourth-order valence-electron chi connectivity index (χ4n) is 1.10. The molecule has 0 radical (unpaired) electrons. The van der Waals surface area contributed by atoms with E-state index in [1.165, 1.54) is 7.11 Å². The number of rotatable bonds is 3. The zero-order chi connectivity index (χ0) is 10.0. The lowest BCUT2D eigenvalue weighted by Crippen LogP contribution is -2.34. The van der Waals surface area contributed by atoms with Crippen molar-refractivity contribution in [3.63, 3.8) is 0 Å². The molecule has 0 bridgehead atoms. The third-order valence-corrected chi connectivity index (χ3v) is 1.86. The average Bonchev–Trinajstić information content (AvgIpc) is 2.30. The highest BCUT2D eigenvalue weighted by atomic mass is 16.5. The van der Waals surface area contributed by atoms with E-state index in [0.29, 0.717) is 0 Å². The number of hydrogen-bond donors (Lipinski definition) is 2. The van der Waals surface area contributed by atoms with Crippen LogP contribution in [-0.4, -0.2) is 59.4 Å². The third kappa shape index (κ3) is 1.69. The number of imide groups is 1. The topological polar surface area (TPSA) is 87.1 Å². The molecule has 6 heteroatoms. The van der Waals surface area contributed by atoms with Gasteiger partial charge in [-0.15, -0.1) is 0 Å². The Labute approximate surface area is 74.7 Å². The van der Waals surface area contributed by atoms with Gasteiger partial charge < -0.3 is 14.9 Å². The molecule has 0 aromatic rings. The van der Waals surface area contributed by atoms with E-state index in [0.717, 1.165) is 4.90 Å². The van der Waals surface area contributed by atoms with Crippen LogP contribution in [0, 0.1) is 0 Å². The van der Waals surface area contributed by atoms with Crippen LogP contribution in [0.25, 0.3) is 0 Å². The van der Waals surface area contributed by atoms with Gasteiger partial charge in [0, 0.05) is 7.11 Å². The first kappa shape index (κ1) is 10.1. The molecule has 2 N–H and O–H groups in total. The number of methoxy groups -OCH3 is 1. The molecule has 1 rings (SSSR count). The molecule has 74 valence electrons. The molecule has 1 heterocycles. The van der Waals surface area contributed by atoms with Gasteiger partial charge in [0.2, 0.25) is 0 Å². The van der Waals surface area contributed by atoms with Gasteiger partial charge in [0.05, 0.1) is 13.2 Å². The van der Waals surface area contributed by atoms with E-state index in [1.54, 1.807) is 0 Å². The summed E-state index contributed by atoms with van der Waals surface area (Å²) in [6, 6.07) is 0. The summed E-state index contributed by atoms with van der Waals surface area (Å²) in [5.74, 6) is -1.54. The first-order valence-electron chi connectivity index (χ1n) is 3.80. The van der Waals surface area contributed by atoms with Crippen molar-refractivity contribution in [3.8, 4) is 0 Å². The Hall–Kier alpha value is -0.980. The van der Waals surface area contributed by atoms with Crippen LogP contribution in [0.2, 0.25) is 0 Å². The maximum Gasteiger partial charge on any atom is 0.261 e. The molecule has 0 aliphatic carbocycles. The summed E-state index contributed by atoms with van der Waals surface area (Å²) < 4.78 is 4.66. The largest absolute Gasteiger partial charge is 0.383 e. The second-order valence-electron chi connectivity index (χ2n) is 2.71. The monoisotopic (exact) mass is 189 g/mol. The third-order valence-electron chi connectivity index (χ3n) is 1.86. The minimum absolute atomic E-state index is 0.0578. The highest BCUT2D eigenvalue weighted by Gasteiger charge is 2.45. The Bertz CT molecular complexity index is 209. The van der Waals surface area contributed by atoms with Gasteiger partial charge in [0.15, 0.2) is 12.2 Å². The summed E-state index contributed by atoms with van der Waals surface area (Å²) in [6.45, 7) is 0.249. The van der Waals surface area contributed by atoms with Crippen molar-refractivity contribution in [1.82, 2.24) is 4.90 Å². The van der Waals surface area contributed by atoms with Crippen molar-refractivity contribution in [2.45, 2.75) is 12.2 Å². The lowest BCUT2D eigenvalue weighted by molar-refractivity contribution is -0.142. The molecule has 0 aromatic carbocycles. The molecule has 1 aliphatic rings. The second-order valence-corrected chi connectivity index (χ2v) is 2.71. The SMILES string of the molecule is COCCN1C(=O)[C@H](O)[C@@H](O)C1=O. The van der Waals surface area contributed by atoms with Crippen LogP contribution >= 0.6 is 0 Å². The zero-order valence-corrected chi connectivity index (χ0v) is 7.14. The maximum absolute atomic E-state index is 11.1. The molecule has 1 fully saturated rings. The molecular weight excluding hydrogens is 178 g/mol. The van der Waals surface area contributed by atoms with Crippen LogP contribution in [0.15, 0.2) is 0 Å². The molecule has 1 saturated heterocycles. The van der Waals surface area contributed by atoms with E-state index < -0.39 is 24.0 Å². The quantitative estimate of drug-likeness (QED) is 0.488. The Morgan fingerprint density at radius 1 is 1.31 bits per heavy atom. The highest BCUT2D eigenvalue weighted by Crippen LogP contribution is 2.12. The molecule has 0 unspecified atom stereocenters. The van der Waals surface area contributed by atoms with Crippen molar-refractivity contribution in [3.05, 3.63) is 0 Å². The smallest absolute Gasteiger partial charge is 0.261 e. The van der Waals surface area contributed by atoms with E-state index in [-0.39, 0.29) is 13.2 Å². The van der Waals surface area contributed by atoms with E-state index >= 15 is 0 Å². The predicted molar refractivity (Wildman–Crippen MR) is 40.6 cm³/mol. The van der Waals surface area contributed by atoms with Gasteiger partial charge in [-0.25, -0.2) is 0 Å². The number of hydrogen-bond acceptors (Lipinski definition) is 5. The number of likely N-dealkylation sites (tertiary alicyclic amines) is 1. The Balaban J connectivity index is 2.64. The van der Waals surface area contributed by atoms with Gasteiger partial charge in [-0.3, -0.25) is 14.5 Å². The van der Waals surface area contributed by atoms with Crippen molar-refractivity contribution in [1.29, 1.82) is 0 Å². The van der Waals surface area contributed by atoms with Gasteiger partial charge in [-0.2, -0.15) is 0 Å². The summed E-state index contributed by atoms with van der Waals surface area (Å²) in [5, 5.41) is 18.0. The fourth-order valence-corrected chi connectivity index (χ4v) is 1.10. The number of ether oxygens (including phenoxy) is 1. The van der Waals surface area contributed by atoms with Crippen LogP contribution in [0.4, 0.5) is 0 Å². The number of aliphatic hydroxyl groups is 2. The second kappa shape index (κ2) is 3.82. The number of nitrogens with zero attached hydrogens (tertiary/aromatic N) is 1. The summed E-state index contributed by atoms with van der Waals surface area (Å²) in [5.41, 5.74) is 0. The molecule has 6 nitrogen and oxygen atoms in total. The van der Waals surface area contributed by atoms with Gasteiger partial charge >= 0.3 is 0 Å². The van der Waals surface area contributed by atoms with Crippen LogP contribution in [0.5, 0.6) is 0 Å². The average molecular weight is 189 g/mol. The van der Waals surface area contributed by atoms with Crippen LogP contribution < -0.4 is 0 Å². The normalized spacial score (nSPS) is 28.7. The number of amides is 2. The standard InChI is InChI=1S/C7H11NO5/c1-13-3-2-8-6(11)4(9)5(10)7(8)12/h4-5,9-10H,2-3H2,1H3/t4-,5-/m1/s1.